The van der Waals surface area contributed by atoms with Crippen LogP contribution in [-0.4, -0.2) is 20.7 Å². The second-order valence-corrected chi connectivity index (χ2v) is 3.80. The minimum absolute atomic E-state index is 0.281. The van der Waals surface area contributed by atoms with Crippen LogP contribution in [0, 0.1) is 0 Å². The number of aromatic nitrogens is 3. The van der Waals surface area contributed by atoms with Gasteiger partial charge < -0.3 is 0 Å². The third-order valence-electron chi connectivity index (χ3n) is 1.61. The van der Waals surface area contributed by atoms with Crippen molar-refractivity contribution in [3.63, 3.8) is 0 Å². The standard InChI is InChI=1S/C8H5ClN4OS/c9-6-3-1-2-5(4-6)7(14)10-8-11-12-13-15-8/h1-4H,(H,10,11,13,14). The number of amides is 1. The van der Waals surface area contributed by atoms with Gasteiger partial charge in [-0.2, -0.15) is 0 Å². The van der Waals surface area contributed by atoms with Crippen LogP contribution in [-0.2, 0) is 0 Å². The van der Waals surface area contributed by atoms with Gasteiger partial charge in [-0.05, 0) is 23.4 Å². The molecule has 0 radical (unpaired) electrons. The summed E-state index contributed by atoms with van der Waals surface area (Å²) < 4.78 is 3.53. The highest BCUT2D eigenvalue weighted by Crippen LogP contribution is 2.13. The fraction of sp³-hybridized carbons (Fsp3) is 0. The maximum Gasteiger partial charge on any atom is 0.257 e. The highest BCUT2D eigenvalue weighted by molar-refractivity contribution is 7.09. The number of benzene rings is 1. The molecule has 0 unspecified atom stereocenters. The van der Waals surface area contributed by atoms with Gasteiger partial charge in [0.05, 0.1) is 0 Å². The van der Waals surface area contributed by atoms with E-state index in [-0.39, 0.29) is 5.91 Å². The van der Waals surface area contributed by atoms with Gasteiger partial charge in [0, 0.05) is 22.1 Å². The Morgan fingerprint density at radius 1 is 1.47 bits per heavy atom. The second kappa shape index (κ2) is 4.33. The molecule has 0 aliphatic carbocycles. The first-order valence-electron chi connectivity index (χ1n) is 3.97. The summed E-state index contributed by atoms with van der Waals surface area (Å²) in [6.07, 6.45) is 0. The van der Waals surface area contributed by atoms with E-state index in [2.05, 4.69) is 20.1 Å². The fourth-order valence-electron chi connectivity index (χ4n) is 0.981. The molecule has 0 bridgehead atoms. The second-order valence-electron chi connectivity index (χ2n) is 2.63. The molecule has 0 aliphatic rings. The van der Waals surface area contributed by atoms with Crippen molar-refractivity contribution in [1.29, 1.82) is 0 Å². The predicted molar refractivity (Wildman–Crippen MR) is 57.1 cm³/mol. The van der Waals surface area contributed by atoms with Crippen LogP contribution >= 0.6 is 23.1 Å². The molecule has 1 amide bonds. The molecule has 5 nitrogen and oxygen atoms in total. The molecule has 0 fully saturated rings. The summed E-state index contributed by atoms with van der Waals surface area (Å²) in [7, 11) is 0. The number of hydrogen-bond acceptors (Lipinski definition) is 5. The van der Waals surface area contributed by atoms with E-state index in [1.807, 2.05) is 0 Å². The molecule has 1 N–H and O–H groups in total. The van der Waals surface area contributed by atoms with Crippen LogP contribution in [0.3, 0.4) is 0 Å². The van der Waals surface area contributed by atoms with E-state index in [1.54, 1.807) is 24.3 Å². The van der Waals surface area contributed by atoms with Crippen molar-refractivity contribution in [2.45, 2.75) is 0 Å². The lowest BCUT2D eigenvalue weighted by Crippen LogP contribution is -2.11. The van der Waals surface area contributed by atoms with Gasteiger partial charge in [0.2, 0.25) is 5.13 Å². The molecule has 0 spiro atoms. The molecule has 2 rings (SSSR count). The molecule has 0 atom stereocenters. The van der Waals surface area contributed by atoms with E-state index in [1.165, 1.54) is 0 Å². The Hall–Kier alpha value is -1.53. The Labute approximate surface area is 94.2 Å². The van der Waals surface area contributed by atoms with Crippen LogP contribution in [0.25, 0.3) is 0 Å². The summed E-state index contributed by atoms with van der Waals surface area (Å²) >= 11 is 6.77. The van der Waals surface area contributed by atoms with Gasteiger partial charge in [-0.3, -0.25) is 10.1 Å². The molecule has 7 heteroatoms. The van der Waals surface area contributed by atoms with E-state index in [0.29, 0.717) is 15.7 Å². The SMILES string of the molecule is O=C(Nc1nnns1)c1cccc(Cl)c1. The Morgan fingerprint density at radius 2 is 2.33 bits per heavy atom. The number of carbonyl (C=O) groups is 1. The molecule has 2 aromatic rings. The number of anilines is 1. The molecule has 0 saturated heterocycles. The largest absolute Gasteiger partial charge is 0.295 e. The van der Waals surface area contributed by atoms with Crippen molar-refractivity contribution in [3.8, 4) is 0 Å². The minimum atomic E-state index is -0.281. The zero-order valence-corrected chi connectivity index (χ0v) is 8.92. The normalized spacial score (nSPS) is 9.93. The average molecular weight is 241 g/mol. The Balaban J connectivity index is 2.15. The number of rotatable bonds is 2. The van der Waals surface area contributed by atoms with Crippen LogP contribution in [0.4, 0.5) is 5.13 Å². The lowest BCUT2D eigenvalue weighted by molar-refractivity contribution is 0.102. The Kier molecular flexibility index (Phi) is 2.89. The Morgan fingerprint density at radius 3 is 3.00 bits per heavy atom. The number of hydrogen-bond donors (Lipinski definition) is 1. The predicted octanol–water partition coefficient (Wildman–Crippen LogP) is 1.84. The monoisotopic (exact) mass is 240 g/mol. The third kappa shape index (κ3) is 2.48. The lowest BCUT2D eigenvalue weighted by atomic mass is 10.2. The molecular weight excluding hydrogens is 236 g/mol. The smallest absolute Gasteiger partial charge is 0.257 e. The third-order valence-corrected chi connectivity index (χ3v) is 2.35. The highest BCUT2D eigenvalue weighted by Gasteiger charge is 2.08. The van der Waals surface area contributed by atoms with E-state index in [0.717, 1.165) is 11.5 Å². The van der Waals surface area contributed by atoms with Gasteiger partial charge >= 0.3 is 0 Å². The van der Waals surface area contributed by atoms with Crippen molar-refractivity contribution >= 4 is 34.2 Å². The number of carbonyl (C=O) groups excluding carboxylic acids is 1. The molecule has 0 saturated carbocycles. The van der Waals surface area contributed by atoms with Crippen LogP contribution < -0.4 is 5.32 Å². The van der Waals surface area contributed by atoms with Gasteiger partial charge in [0.15, 0.2) is 0 Å². The highest BCUT2D eigenvalue weighted by atomic mass is 35.5. The van der Waals surface area contributed by atoms with Gasteiger partial charge in [-0.25, -0.2) is 0 Å². The first-order valence-corrected chi connectivity index (χ1v) is 5.13. The maximum absolute atomic E-state index is 11.6. The summed E-state index contributed by atoms with van der Waals surface area (Å²) in [5.41, 5.74) is 0.470. The fourth-order valence-corrected chi connectivity index (χ4v) is 1.53. The van der Waals surface area contributed by atoms with E-state index in [9.17, 15) is 4.79 Å². The van der Waals surface area contributed by atoms with E-state index in [4.69, 9.17) is 11.6 Å². The lowest BCUT2D eigenvalue weighted by Gasteiger charge is -2.00. The first kappa shape index (κ1) is 10.0. The minimum Gasteiger partial charge on any atom is -0.295 e. The van der Waals surface area contributed by atoms with E-state index < -0.39 is 0 Å². The van der Waals surface area contributed by atoms with Crippen LogP contribution in [0.15, 0.2) is 24.3 Å². The van der Waals surface area contributed by atoms with Gasteiger partial charge in [-0.15, -0.1) is 0 Å². The molecule has 1 heterocycles. The van der Waals surface area contributed by atoms with E-state index >= 15 is 0 Å². The Bertz CT molecular complexity index is 473. The maximum atomic E-state index is 11.6. The van der Waals surface area contributed by atoms with Crippen molar-refractivity contribution in [1.82, 2.24) is 14.8 Å². The molecule has 76 valence electrons. The molecule has 1 aromatic carbocycles. The van der Waals surface area contributed by atoms with Crippen LogP contribution in [0.5, 0.6) is 0 Å². The average Bonchev–Trinajstić information content (AvgIpc) is 2.70. The summed E-state index contributed by atoms with van der Waals surface area (Å²) in [6.45, 7) is 0. The molecule has 1 aromatic heterocycles. The zero-order chi connectivity index (χ0) is 10.7. The van der Waals surface area contributed by atoms with Crippen molar-refractivity contribution < 1.29 is 4.79 Å². The molecule has 15 heavy (non-hydrogen) atoms. The molecular formula is C8H5ClN4OS. The summed E-state index contributed by atoms with van der Waals surface area (Å²) in [5, 5.41) is 10.4. The van der Waals surface area contributed by atoms with Gasteiger partial charge in [0.25, 0.3) is 5.91 Å². The number of nitrogens with one attached hydrogen (secondary N) is 1. The zero-order valence-electron chi connectivity index (χ0n) is 7.35. The quantitative estimate of drug-likeness (QED) is 0.870. The van der Waals surface area contributed by atoms with Gasteiger partial charge in [-0.1, -0.05) is 27.3 Å². The first-order chi connectivity index (χ1) is 7.25. The summed E-state index contributed by atoms with van der Waals surface area (Å²) in [4.78, 5) is 11.6. The summed E-state index contributed by atoms with van der Waals surface area (Å²) in [6, 6.07) is 6.64. The topological polar surface area (TPSA) is 67.8 Å². The van der Waals surface area contributed by atoms with Crippen molar-refractivity contribution in [2.24, 2.45) is 0 Å². The van der Waals surface area contributed by atoms with Gasteiger partial charge in [0.1, 0.15) is 0 Å². The van der Waals surface area contributed by atoms with Crippen molar-refractivity contribution in [2.75, 3.05) is 5.32 Å². The number of halogens is 1. The number of nitrogens with zero attached hydrogens (tertiary/aromatic N) is 3. The van der Waals surface area contributed by atoms with Crippen LogP contribution in [0.2, 0.25) is 5.02 Å². The summed E-state index contributed by atoms with van der Waals surface area (Å²) in [5.74, 6) is -0.281. The van der Waals surface area contributed by atoms with Crippen molar-refractivity contribution in [3.05, 3.63) is 34.9 Å². The molecule has 0 aliphatic heterocycles. The van der Waals surface area contributed by atoms with Crippen LogP contribution in [0.1, 0.15) is 10.4 Å².